The SMILES string of the molecule is CNC(c1cccc(Cl)c1)c1cc(Br)c(C)s1. The lowest BCUT2D eigenvalue weighted by atomic mass is 10.1. The molecule has 0 amide bonds. The number of hydrogen-bond donors (Lipinski definition) is 1. The summed E-state index contributed by atoms with van der Waals surface area (Å²) in [4.78, 5) is 2.58. The molecule has 0 aliphatic carbocycles. The van der Waals surface area contributed by atoms with Crippen molar-refractivity contribution < 1.29 is 0 Å². The van der Waals surface area contributed by atoms with Gasteiger partial charge in [0.2, 0.25) is 0 Å². The minimum absolute atomic E-state index is 0.198. The first kappa shape index (κ1) is 13.1. The van der Waals surface area contributed by atoms with E-state index >= 15 is 0 Å². The third-order valence-corrected chi connectivity index (χ3v) is 5.07. The lowest BCUT2D eigenvalue weighted by molar-refractivity contribution is 0.704. The molecule has 0 aliphatic heterocycles. The van der Waals surface area contributed by atoms with Crippen LogP contribution in [0.3, 0.4) is 0 Å². The van der Waals surface area contributed by atoms with Crippen molar-refractivity contribution in [2.24, 2.45) is 0 Å². The molecule has 1 unspecified atom stereocenters. The van der Waals surface area contributed by atoms with Gasteiger partial charge >= 0.3 is 0 Å². The van der Waals surface area contributed by atoms with Crippen LogP contribution in [0.2, 0.25) is 5.02 Å². The lowest BCUT2D eigenvalue weighted by Gasteiger charge is -2.15. The molecule has 4 heteroatoms. The number of thiophene rings is 1. The Balaban J connectivity index is 2.39. The van der Waals surface area contributed by atoms with E-state index in [-0.39, 0.29) is 6.04 Å². The first-order chi connectivity index (χ1) is 8.11. The molecule has 2 aromatic rings. The highest BCUT2D eigenvalue weighted by molar-refractivity contribution is 9.10. The molecule has 1 atom stereocenters. The van der Waals surface area contributed by atoms with Gasteiger partial charge in [-0.25, -0.2) is 0 Å². The molecule has 1 nitrogen and oxygen atoms in total. The number of nitrogens with one attached hydrogen (secondary N) is 1. The van der Waals surface area contributed by atoms with E-state index in [1.54, 1.807) is 11.3 Å². The van der Waals surface area contributed by atoms with Gasteiger partial charge in [0.1, 0.15) is 0 Å². The maximum absolute atomic E-state index is 6.04. The van der Waals surface area contributed by atoms with Gasteiger partial charge in [0.25, 0.3) is 0 Å². The zero-order chi connectivity index (χ0) is 12.4. The van der Waals surface area contributed by atoms with E-state index in [4.69, 9.17) is 11.6 Å². The molecule has 2 rings (SSSR count). The highest BCUT2D eigenvalue weighted by Gasteiger charge is 2.15. The summed E-state index contributed by atoms with van der Waals surface area (Å²) in [7, 11) is 1.97. The van der Waals surface area contributed by atoms with Crippen molar-refractivity contribution >= 4 is 38.9 Å². The van der Waals surface area contributed by atoms with Gasteiger partial charge in [-0.2, -0.15) is 0 Å². The standard InChI is InChI=1S/C13H13BrClNS/c1-8-11(14)7-12(17-8)13(16-2)9-4-3-5-10(15)6-9/h3-7,13,16H,1-2H3. The number of benzene rings is 1. The molecule has 1 heterocycles. The van der Waals surface area contributed by atoms with Crippen LogP contribution in [0.15, 0.2) is 34.8 Å². The summed E-state index contributed by atoms with van der Waals surface area (Å²) in [5.74, 6) is 0. The molecule has 0 saturated carbocycles. The molecule has 90 valence electrons. The van der Waals surface area contributed by atoms with Crippen molar-refractivity contribution in [2.75, 3.05) is 7.05 Å². The van der Waals surface area contributed by atoms with Gasteiger partial charge in [-0.1, -0.05) is 23.7 Å². The maximum Gasteiger partial charge on any atom is 0.0669 e. The van der Waals surface area contributed by atoms with Crippen molar-refractivity contribution in [1.29, 1.82) is 0 Å². The van der Waals surface area contributed by atoms with Gasteiger partial charge in [-0.15, -0.1) is 11.3 Å². The van der Waals surface area contributed by atoms with Gasteiger partial charge in [0, 0.05) is 19.2 Å². The molecule has 1 aromatic heterocycles. The summed E-state index contributed by atoms with van der Waals surface area (Å²) in [6.07, 6.45) is 0. The zero-order valence-electron chi connectivity index (χ0n) is 9.63. The highest BCUT2D eigenvalue weighted by Crippen LogP contribution is 2.34. The fourth-order valence-electron chi connectivity index (χ4n) is 1.78. The number of aryl methyl sites for hydroxylation is 1. The summed E-state index contributed by atoms with van der Waals surface area (Å²) in [5.41, 5.74) is 1.19. The largest absolute Gasteiger partial charge is 0.309 e. The van der Waals surface area contributed by atoms with Crippen LogP contribution in [0.25, 0.3) is 0 Å². The van der Waals surface area contributed by atoms with Gasteiger partial charge < -0.3 is 5.32 Å². The van der Waals surface area contributed by atoms with Crippen LogP contribution in [0.1, 0.15) is 21.4 Å². The van der Waals surface area contributed by atoms with Crippen LogP contribution in [0.5, 0.6) is 0 Å². The number of rotatable bonds is 3. The Bertz CT molecular complexity index is 504. The minimum Gasteiger partial charge on any atom is -0.309 e. The second-order valence-electron chi connectivity index (χ2n) is 3.83. The topological polar surface area (TPSA) is 12.0 Å². The molecule has 0 bridgehead atoms. The van der Waals surface area contributed by atoms with Crippen molar-refractivity contribution in [3.8, 4) is 0 Å². The summed E-state index contributed by atoms with van der Waals surface area (Å²) in [5, 5.41) is 4.11. The molecule has 0 radical (unpaired) electrons. The van der Waals surface area contributed by atoms with Crippen molar-refractivity contribution in [1.82, 2.24) is 5.32 Å². The number of halogens is 2. The summed E-state index contributed by atoms with van der Waals surface area (Å²) in [6.45, 7) is 2.11. The molecule has 1 aromatic carbocycles. The molecule has 17 heavy (non-hydrogen) atoms. The van der Waals surface area contributed by atoms with E-state index in [1.807, 2.05) is 25.2 Å². The third-order valence-electron chi connectivity index (χ3n) is 2.63. The van der Waals surface area contributed by atoms with E-state index in [9.17, 15) is 0 Å². The molecular weight excluding hydrogens is 318 g/mol. The predicted octanol–water partition coefficient (Wildman–Crippen LogP) is 4.78. The minimum atomic E-state index is 0.198. The average molecular weight is 331 g/mol. The Morgan fingerprint density at radius 2 is 2.12 bits per heavy atom. The van der Waals surface area contributed by atoms with Crippen LogP contribution in [-0.4, -0.2) is 7.05 Å². The number of hydrogen-bond acceptors (Lipinski definition) is 2. The smallest absolute Gasteiger partial charge is 0.0669 e. The van der Waals surface area contributed by atoms with Crippen molar-refractivity contribution in [2.45, 2.75) is 13.0 Å². The molecule has 1 N–H and O–H groups in total. The maximum atomic E-state index is 6.04. The second kappa shape index (κ2) is 5.53. The van der Waals surface area contributed by atoms with E-state index in [1.165, 1.54) is 19.8 Å². The quantitative estimate of drug-likeness (QED) is 0.854. The predicted molar refractivity (Wildman–Crippen MR) is 79.1 cm³/mol. The van der Waals surface area contributed by atoms with E-state index in [0.717, 1.165) is 5.02 Å². The van der Waals surface area contributed by atoms with Crippen molar-refractivity contribution in [3.63, 3.8) is 0 Å². The third kappa shape index (κ3) is 2.91. The summed E-state index contributed by atoms with van der Waals surface area (Å²) >= 11 is 11.4. The second-order valence-corrected chi connectivity index (χ2v) is 6.41. The van der Waals surface area contributed by atoms with E-state index in [2.05, 4.69) is 40.3 Å². The molecular formula is C13H13BrClNS. The Morgan fingerprint density at radius 1 is 1.35 bits per heavy atom. The van der Waals surface area contributed by atoms with Crippen LogP contribution in [-0.2, 0) is 0 Å². The fourth-order valence-corrected chi connectivity index (χ4v) is 3.68. The first-order valence-corrected chi connectivity index (χ1v) is 7.29. The van der Waals surface area contributed by atoms with Crippen LogP contribution in [0.4, 0.5) is 0 Å². The Labute approximate surface area is 119 Å². The van der Waals surface area contributed by atoms with Crippen LogP contribution in [0, 0.1) is 6.92 Å². The van der Waals surface area contributed by atoms with Gasteiger partial charge in [-0.3, -0.25) is 0 Å². The van der Waals surface area contributed by atoms with Crippen molar-refractivity contribution in [3.05, 3.63) is 55.1 Å². The fraction of sp³-hybridized carbons (Fsp3) is 0.231. The first-order valence-electron chi connectivity index (χ1n) is 5.30. The Kier molecular flexibility index (Phi) is 4.26. The summed E-state index contributed by atoms with van der Waals surface area (Å²) < 4.78 is 1.17. The molecule has 0 spiro atoms. The monoisotopic (exact) mass is 329 g/mol. The Hall–Kier alpha value is -0.350. The average Bonchev–Trinajstić information content (AvgIpc) is 2.60. The lowest BCUT2D eigenvalue weighted by Crippen LogP contribution is -2.16. The van der Waals surface area contributed by atoms with Gasteiger partial charge in [-0.05, 0) is 53.7 Å². The van der Waals surface area contributed by atoms with Crippen LogP contribution < -0.4 is 5.32 Å². The van der Waals surface area contributed by atoms with Crippen LogP contribution >= 0.6 is 38.9 Å². The van der Waals surface area contributed by atoms with E-state index < -0.39 is 0 Å². The normalized spacial score (nSPS) is 12.7. The Morgan fingerprint density at radius 3 is 2.65 bits per heavy atom. The summed E-state index contributed by atoms with van der Waals surface area (Å²) in [6, 6.07) is 10.3. The highest BCUT2D eigenvalue weighted by atomic mass is 79.9. The zero-order valence-corrected chi connectivity index (χ0v) is 12.8. The molecule has 0 saturated heterocycles. The van der Waals surface area contributed by atoms with Gasteiger partial charge in [0.05, 0.1) is 6.04 Å². The van der Waals surface area contributed by atoms with E-state index in [0.29, 0.717) is 0 Å². The molecule has 0 aliphatic rings. The molecule has 0 fully saturated rings. The van der Waals surface area contributed by atoms with Gasteiger partial charge in [0.15, 0.2) is 0 Å².